The summed E-state index contributed by atoms with van der Waals surface area (Å²) < 4.78 is 4.90. The Morgan fingerprint density at radius 2 is 2.27 bits per heavy atom. The minimum absolute atomic E-state index is 0.0162. The predicted octanol–water partition coefficient (Wildman–Crippen LogP) is 2.92. The van der Waals surface area contributed by atoms with E-state index in [1.165, 1.54) is 11.3 Å². The number of thiophene rings is 1. The molecule has 1 N–H and O–H groups in total. The summed E-state index contributed by atoms with van der Waals surface area (Å²) in [6.07, 6.45) is 0.771. The second kappa shape index (κ2) is 7.22. The van der Waals surface area contributed by atoms with E-state index in [2.05, 4.69) is 10.5 Å². The molecule has 0 radical (unpaired) electrons. The lowest BCUT2D eigenvalue weighted by molar-refractivity contribution is -0.117. The van der Waals surface area contributed by atoms with Crippen LogP contribution in [0.2, 0.25) is 0 Å². The number of aryl methyl sites for hydroxylation is 1. The fourth-order valence-corrected chi connectivity index (χ4v) is 2.63. The molecule has 1 atom stereocenters. The predicted molar refractivity (Wildman–Crippen MR) is 85.0 cm³/mol. The highest BCUT2D eigenvalue weighted by molar-refractivity contribution is 7.12. The van der Waals surface area contributed by atoms with E-state index < -0.39 is 0 Å². The van der Waals surface area contributed by atoms with Gasteiger partial charge in [-0.15, -0.1) is 11.3 Å². The van der Waals surface area contributed by atoms with Gasteiger partial charge in [0.15, 0.2) is 5.82 Å². The van der Waals surface area contributed by atoms with Crippen molar-refractivity contribution in [3.63, 3.8) is 0 Å². The third-order valence-electron chi connectivity index (χ3n) is 3.33. The van der Waals surface area contributed by atoms with Gasteiger partial charge in [0, 0.05) is 12.1 Å². The monoisotopic (exact) mass is 321 g/mol. The minimum atomic E-state index is -0.293. The molecule has 2 heterocycles. The number of rotatable bonds is 6. The lowest BCUT2D eigenvalue weighted by Crippen LogP contribution is -2.43. The first-order valence-corrected chi connectivity index (χ1v) is 7.97. The normalized spacial score (nSPS) is 12.0. The molecular weight excluding hydrogens is 302 g/mol. The zero-order valence-corrected chi connectivity index (χ0v) is 13.6. The highest BCUT2D eigenvalue weighted by atomic mass is 32.1. The van der Waals surface area contributed by atoms with Crippen molar-refractivity contribution in [3.8, 4) is 0 Å². The van der Waals surface area contributed by atoms with Gasteiger partial charge in [-0.2, -0.15) is 0 Å². The van der Waals surface area contributed by atoms with E-state index >= 15 is 0 Å². The van der Waals surface area contributed by atoms with Gasteiger partial charge in [0.25, 0.3) is 5.91 Å². The van der Waals surface area contributed by atoms with Crippen LogP contribution in [0.1, 0.15) is 35.7 Å². The molecule has 0 aliphatic carbocycles. The Labute approximate surface area is 133 Å². The van der Waals surface area contributed by atoms with E-state index in [1.54, 1.807) is 24.0 Å². The van der Waals surface area contributed by atoms with Crippen molar-refractivity contribution in [3.05, 3.63) is 34.2 Å². The number of carbonyl (C=O) groups excluding carboxylic acids is 2. The fourth-order valence-electron chi connectivity index (χ4n) is 1.95. The molecule has 2 aromatic rings. The van der Waals surface area contributed by atoms with E-state index in [0.29, 0.717) is 16.5 Å². The third kappa shape index (κ3) is 3.94. The third-order valence-corrected chi connectivity index (χ3v) is 4.18. The maximum Gasteiger partial charge on any atom is 0.264 e. The fraction of sp³-hybridized carbons (Fsp3) is 0.400. The zero-order valence-electron chi connectivity index (χ0n) is 12.8. The summed E-state index contributed by atoms with van der Waals surface area (Å²) in [5.41, 5.74) is 0. The molecule has 7 heteroatoms. The maximum absolute atomic E-state index is 12.5. The Morgan fingerprint density at radius 1 is 1.50 bits per heavy atom. The summed E-state index contributed by atoms with van der Waals surface area (Å²) >= 11 is 1.37. The molecule has 0 fully saturated rings. The van der Waals surface area contributed by atoms with Crippen molar-refractivity contribution in [2.45, 2.75) is 33.2 Å². The molecule has 1 unspecified atom stereocenters. The number of nitrogens with zero attached hydrogens (tertiary/aromatic N) is 2. The summed E-state index contributed by atoms with van der Waals surface area (Å²) in [5, 5.41) is 8.20. The molecule has 0 bridgehead atoms. The van der Waals surface area contributed by atoms with Crippen molar-refractivity contribution in [1.82, 2.24) is 10.1 Å². The van der Waals surface area contributed by atoms with Gasteiger partial charge in [-0.05, 0) is 31.7 Å². The Morgan fingerprint density at radius 3 is 2.82 bits per heavy atom. The lowest BCUT2D eigenvalue weighted by Gasteiger charge is -2.27. The van der Waals surface area contributed by atoms with E-state index in [9.17, 15) is 9.59 Å². The van der Waals surface area contributed by atoms with Crippen LogP contribution in [-0.4, -0.2) is 34.5 Å². The number of nitrogens with one attached hydrogen (secondary N) is 1. The molecular formula is C15H19N3O3S. The first kappa shape index (κ1) is 16.2. The number of hydrogen-bond donors (Lipinski definition) is 1. The Balaban J connectivity index is 2.06. The van der Waals surface area contributed by atoms with E-state index in [1.807, 2.05) is 25.3 Å². The topological polar surface area (TPSA) is 75.4 Å². The average Bonchev–Trinajstić information content (AvgIpc) is 3.15. The molecule has 0 saturated heterocycles. The standard InChI is InChI=1S/C15H19N3O3S/c1-4-10(2)18(15(20)12-6-5-7-22-12)9-14(19)16-13-8-11(3)21-17-13/h5-8,10H,4,9H2,1-3H3,(H,16,17,19). The highest BCUT2D eigenvalue weighted by Gasteiger charge is 2.24. The number of amides is 2. The minimum Gasteiger partial charge on any atom is -0.360 e. The van der Waals surface area contributed by atoms with Crippen molar-refractivity contribution in [2.24, 2.45) is 0 Å². The van der Waals surface area contributed by atoms with Gasteiger partial charge < -0.3 is 14.7 Å². The molecule has 118 valence electrons. The van der Waals surface area contributed by atoms with Crippen molar-refractivity contribution in [1.29, 1.82) is 0 Å². The number of anilines is 1. The van der Waals surface area contributed by atoms with Crippen LogP contribution in [0.25, 0.3) is 0 Å². The van der Waals surface area contributed by atoms with Gasteiger partial charge in [0.05, 0.1) is 4.88 Å². The van der Waals surface area contributed by atoms with Crippen molar-refractivity contribution in [2.75, 3.05) is 11.9 Å². The van der Waals surface area contributed by atoms with Crippen LogP contribution in [-0.2, 0) is 4.79 Å². The Bertz CT molecular complexity index is 636. The molecule has 0 saturated carbocycles. The van der Waals surface area contributed by atoms with Gasteiger partial charge in [-0.3, -0.25) is 9.59 Å². The van der Waals surface area contributed by atoms with E-state index in [0.717, 1.165) is 6.42 Å². The molecule has 0 aliphatic heterocycles. The highest BCUT2D eigenvalue weighted by Crippen LogP contribution is 2.16. The first-order valence-electron chi connectivity index (χ1n) is 7.09. The Kier molecular flexibility index (Phi) is 5.32. The van der Waals surface area contributed by atoms with Gasteiger partial charge in [-0.25, -0.2) is 0 Å². The summed E-state index contributed by atoms with van der Waals surface area (Å²) in [6.45, 7) is 5.64. The van der Waals surface area contributed by atoms with Crippen LogP contribution in [0.3, 0.4) is 0 Å². The number of hydrogen-bond acceptors (Lipinski definition) is 5. The number of carbonyl (C=O) groups is 2. The molecule has 0 aliphatic rings. The average molecular weight is 321 g/mol. The maximum atomic E-state index is 12.5. The summed E-state index contributed by atoms with van der Waals surface area (Å²) in [5.74, 6) is 0.549. The van der Waals surface area contributed by atoms with Gasteiger partial charge in [-0.1, -0.05) is 18.1 Å². The van der Waals surface area contributed by atoms with Crippen molar-refractivity contribution >= 4 is 29.0 Å². The molecule has 6 nitrogen and oxygen atoms in total. The van der Waals surface area contributed by atoms with Gasteiger partial charge in [0.2, 0.25) is 5.91 Å². The molecule has 2 aromatic heterocycles. The van der Waals surface area contributed by atoms with E-state index in [-0.39, 0.29) is 24.4 Å². The summed E-state index contributed by atoms with van der Waals surface area (Å²) in [4.78, 5) is 26.9. The zero-order chi connectivity index (χ0) is 16.1. The van der Waals surface area contributed by atoms with Crippen LogP contribution in [0.4, 0.5) is 5.82 Å². The van der Waals surface area contributed by atoms with Crippen LogP contribution in [0.15, 0.2) is 28.1 Å². The molecule has 0 aromatic carbocycles. The largest absolute Gasteiger partial charge is 0.360 e. The lowest BCUT2D eigenvalue weighted by atomic mass is 10.2. The molecule has 22 heavy (non-hydrogen) atoms. The molecule has 2 rings (SSSR count). The van der Waals surface area contributed by atoms with Crippen LogP contribution >= 0.6 is 11.3 Å². The van der Waals surface area contributed by atoms with E-state index in [4.69, 9.17) is 4.52 Å². The smallest absolute Gasteiger partial charge is 0.264 e. The van der Waals surface area contributed by atoms with Crippen LogP contribution in [0, 0.1) is 6.92 Å². The summed E-state index contributed by atoms with van der Waals surface area (Å²) in [6, 6.07) is 5.19. The Hall–Kier alpha value is -2.15. The van der Waals surface area contributed by atoms with Gasteiger partial charge >= 0.3 is 0 Å². The SMILES string of the molecule is CCC(C)N(CC(=O)Nc1cc(C)on1)C(=O)c1cccs1. The number of aromatic nitrogens is 1. The molecule has 2 amide bonds. The van der Waals surface area contributed by atoms with Crippen LogP contribution in [0.5, 0.6) is 0 Å². The first-order chi connectivity index (χ1) is 10.5. The second-order valence-electron chi connectivity index (χ2n) is 5.04. The second-order valence-corrected chi connectivity index (χ2v) is 5.99. The van der Waals surface area contributed by atoms with Gasteiger partial charge in [0.1, 0.15) is 12.3 Å². The summed E-state index contributed by atoms with van der Waals surface area (Å²) in [7, 11) is 0. The van der Waals surface area contributed by atoms with Crippen molar-refractivity contribution < 1.29 is 14.1 Å². The quantitative estimate of drug-likeness (QED) is 0.887. The van der Waals surface area contributed by atoms with Crippen LogP contribution < -0.4 is 5.32 Å². The molecule has 0 spiro atoms.